The first kappa shape index (κ1) is 17.7. The highest BCUT2D eigenvalue weighted by atomic mass is 16.5. The lowest BCUT2D eigenvalue weighted by Crippen LogP contribution is -2.34. The summed E-state index contributed by atoms with van der Waals surface area (Å²) in [5.41, 5.74) is 10.5. The molecule has 0 aliphatic heterocycles. The SMILES string of the molecule is Cc1ccnc2c1ccn2C1CC(Oc2cccc3c2C(N)CC3)[C@@H](O)[C@H]1O. The van der Waals surface area contributed by atoms with Crippen molar-refractivity contribution in [3.05, 3.63) is 59.4 Å². The van der Waals surface area contributed by atoms with Gasteiger partial charge >= 0.3 is 0 Å². The first-order valence-electron chi connectivity index (χ1n) is 9.87. The van der Waals surface area contributed by atoms with Gasteiger partial charge in [-0.2, -0.15) is 0 Å². The van der Waals surface area contributed by atoms with Gasteiger partial charge in [-0.05, 0) is 49.1 Å². The maximum absolute atomic E-state index is 10.7. The van der Waals surface area contributed by atoms with Gasteiger partial charge in [0.05, 0.1) is 6.04 Å². The topological polar surface area (TPSA) is 93.5 Å². The zero-order valence-corrected chi connectivity index (χ0v) is 15.8. The summed E-state index contributed by atoms with van der Waals surface area (Å²) in [5.74, 6) is 0.728. The molecule has 1 aromatic carbocycles. The van der Waals surface area contributed by atoms with Crippen LogP contribution in [-0.2, 0) is 6.42 Å². The third-order valence-electron chi connectivity index (χ3n) is 6.32. The van der Waals surface area contributed by atoms with E-state index in [0.717, 1.165) is 40.8 Å². The molecule has 4 N–H and O–H groups in total. The molecule has 1 saturated carbocycles. The Bertz CT molecular complexity index is 1030. The summed E-state index contributed by atoms with van der Waals surface area (Å²) in [6.45, 7) is 2.04. The number of hydrogen-bond acceptors (Lipinski definition) is 5. The Kier molecular flexibility index (Phi) is 4.16. The largest absolute Gasteiger partial charge is 0.487 e. The molecule has 6 heteroatoms. The van der Waals surface area contributed by atoms with Crippen molar-refractivity contribution in [2.45, 2.75) is 56.6 Å². The second-order valence-corrected chi connectivity index (χ2v) is 8.00. The van der Waals surface area contributed by atoms with Gasteiger partial charge in [0, 0.05) is 35.8 Å². The van der Waals surface area contributed by atoms with E-state index in [1.54, 1.807) is 6.20 Å². The van der Waals surface area contributed by atoms with Gasteiger partial charge < -0.3 is 25.3 Å². The summed E-state index contributed by atoms with van der Waals surface area (Å²) < 4.78 is 8.17. The quantitative estimate of drug-likeness (QED) is 0.650. The normalized spacial score (nSPS) is 29.4. The summed E-state index contributed by atoms with van der Waals surface area (Å²) >= 11 is 0. The van der Waals surface area contributed by atoms with E-state index in [0.29, 0.717) is 6.42 Å². The Morgan fingerprint density at radius 2 is 2.04 bits per heavy atom. The Balaban J connectivity index is 1.45. The average Bonchev–Trinajstić information content (AvgIpc) is 3.36. The monoisotopic (exact) mass is 379 g/mol. The minimum atomic E-state index is -0.972. The van der Waals surface area contributed by atoms with Gasteiger partial charge in [0.2, 0.25) is 0 Å². The number of hydrogen-bond donors (Lipinski definition) is 3. The van der Waals surface area contributed by atoms with Crippen LogP contribution in [0.5, 0.6) is 5.75 Å². The first-order chi connectivity index (χ1) is 13.5. The maximum Gasteiger partial charge on any atom is 0.140 e. The molecular weight excluding hydrogens is 354 g/mol. The standard InChI is InChI=1S/C22H25N3O3/c1-12-7-9-24-22-14(12)8-10-25(22)16-11-18(21(27)20(16)26)28-17-4-2-3-13-5-6-15(23)19(13)17/h2-4,7-10,15-16,18,20-21,26-27H,5-6,11,23H2,1H3/t15?,16?,18?,20-,21+/m0/s1. The third kappa shape index (κ3) is 2.64. The number of pyridine rings is 1. The fraction of sp³-hybridized carbons (Fsp3) is 0.409. The van der Waals surface area contributed by atoms with E-state index in [1.165, 1.54) is 5.56 Å². The fourth-order valence-electron chi connectivity index (χ4n) is 4.77. The minimum Gasteiger partial charge on any atom is -0.487 e. The number of aliphatic hydroxyl groups is 2. The second-order valence-electron chi connectivity index (χ2n) is 8.00. The molecule has 0 spiro atoms. The van der Waals surface area contributed by atoms with Crippen molar-refractivity contribution in [2.24, 2.45) is 5.73 Å². The lowest BCUT2D eigenvalue weighted by Gasteiger charge is -2.21. The lowest BCUT2D eigenvalue weighted by molar-refractivity contribution is -0.0166. The van der Waals surface area contributed by atoms with Crippen molar-refractivity contribution in [1.29, 1.82) is 0 Å². The number of nitrogens with zero attached hydrogens (tertiary/aromatic N) is 2. The molecule has 2 heterocycles. The summed E-state index contributed by atoms with van der Waals surface area (Å²) in [6, 6.07) is 9.60. The number of ether oxygens (including phenoxy) is 1. The van der Waals surface area contributed by atoms with Crippen LogP contribution in [0.3, 0.4) is 0 Å². The highest BCUT2D eigenvalue weighted by Crippen LogP contribution is 2.40. The van der Waals surface area contributed by atoms with E-state index >= 15 is 0 Å². The number of benzene rings is 1. The van der Waals surface area contributed by atoms with E-state index in [9.17, 15) is 10.2 Å². The highest BCUT2D eigenvalue weighted by molar-refractivity contribution is 5.79. The van der Waals surface area contributed by atoms with Crippen molar-refractivity contribution in [3.8, 4) is 5.75 Å². The molecular formula is C22H25N3O3. The van der Waals surface area contributed by atoms with Crippen LogP contribution in [0.1, 0.15) is 41.6 Å². The van der Waals surface area contributed by atoms with E-state index in [2.05, 4.69) is 11.1 Å². The molecule has 6 nitrogen and oxygen atoms in total. The summed E-state index contributed by atoms with van der Waals surface area (Å²) in [6.07, 6.45) is 3.68. The molecule has 146 valence electrons. The minimum absolute atomic E-state index is 0.0361. The van der Waals surface area contributed by atoms with Crippen molar-refractivity contribution in [2.75, 3.05) is 0 Å². The van der Waals surface area contributed by atoms with Crippen molar-refractivity contribution in [3.63, 3.8) is 0 Å². The van der Waals surface area contributed by atoms with Crippen molar-refractivity contribution < 1.29 is 14.9 Å². The summed E-state index contributed by atoms with van der Waals surface area (Å²) in [4.78, 5) is 4.49. The summed E-state index contributed by atoms with van der Waals surface area (Å²) in [7, 11) is 0. The van der Waals surface area contributed by atoms with Gasteiger partial charge in [-0.25, -0.2) is 4.98 Å². The predicted molar refractivity (Wildman–Crippen MR) is 106 cm³/mol. The molecule has 0 radical (unpaired) electrons. The van der Waals surface area contributed by atoms with Gasteiger partial charge in [0.15, 0.2) is 0 Å². The van der Waals surface area contributed by atoms with Gasteiger partial charge in [0.1, 0.15) is 29.7 Å². The van der Waals surface area contributed by atoms with Crippen LogP contribution >= 0.6 is 0 Å². The van der Waals surface area contributed by atoms with Crippen molar-refractivity contribution in [1.82, 2.24) is 9.55 Å². The molecule has 1 fully saturated rings. The number of fused-ring (bicyclic) bond motifs is 2. The van der Waals surface area contributed by atoms with Crippen LogP contribution in [0, 0.1) is 6.92 Å². The molecule has 5 rings (SSSR count). The van der Waals surface area contributed by atoms with E-state index in [1.807, 2.05) is 42.0 Å². The maximum atomic E-state index is 10.7. The zero-order chi connectivity index (χ0) is 19.4. The Morgan fingerprint density at radius 3 is 2.89 bits per heavy atom. The number of aromatic nitrogens is 2. The number of rotatable bonds is 3. The van der Waals surface area contributed by atoms with Gasteiger partial charge in [0.25, 0.3) is 0 Å². The molecule has 28 heavy (non-hydrogen) atoms. The van der Waals surface area contributed by atoms with E-state index in [4.69, 9.17) is 10.5 Å². The van der Waals surface area contributed by atoms with Crippen molar-refractivity contribution >= 4 is 11.0 Å². The Morgan fingerprint density at radius 1 is 1.18 bits per heavy atom. The fourth-order valence-corrected chi connectivity index (χ4v) is 4.77. The predicted octanol–water partition coefficient (Wildman–Crippen LogP) is 2.40. The highest BCUT2D eigenvalue weighted by Gasteiger charge is 2.44. The second kappa shape index (κ2) is 6.58. The van der Waals surface area contributed by atoms with Crippen LogP contribution in [0.15, 0.2) is 42.7 Å². The van der Waals surface area contributed by atoms with Crippen LogP contribution < -0.4 is 10.5 Å². The van der Waals surface area contributed by atoms with E-state index < -0.39 is 18.3 Å². The molecule has 0 saturated heterocycles. The molecule has 2 aliphatic carbocycles. The summed E-state index contributed by atoms with van der Waals surface area (Å²) in [5, 5.41) is 22.5. The Hall–Kier alpha value is -2.41. The first-order valence-corrected chi connectivity index (χ1v) is 9.87. The van der Waals surface area contributed by atoms with Gasteiger partial charge in [-0.1, -0.05) is 12.1 Å². The molecule has 2 aliphatic rings. The van der Waals surface area contributed by atoms with Crippen LogP contribution in [0.4, 0.5) is 0 Å². The molecule has 5 atom stereocenters. The van der Waals surface area contributed by atoms with Crippen LogP contribution in [-0.4, -0.2) is 38.1 Å². The average molecular weight is 379 g/mol. The van der Waals surface area contributed by atoms with Crippen LogP contribution in [0.25, 0.3) is 11.0 Å². The van der Waals surface area contributed by atoms with Gasteiger partial charge in [-0.15, -0.1) is 0 Å². The molecule has 3 aromatic rings. The zero-order valence-electron chi connectivity index (χ0n) is 15.8. The molecule has 2 aromatic heterocycles. The number of nitrogens with two attached hydrogens (primary N) is 1. The lowest BCUT2D eigenvalue weighted by atomic mass is 10.1. The molecule has 0 amide bonds. The van der Waals surface area contributed by atoms with E-state index in [-0.39, 0.29) is 12.1 Å². The third-order valence-corrected chi connectivity index (χ3v) is 6.32. The Labute approximate surface area is 163 Å². The number of aryl methyl sites for hydroxylation is 2. The van der Waals surface area contributed by atoms with Crippen LogP contribution in [0.2, 0.25) is 0 Å². The molecule has 0 bridgehead atoms. The molecule has 3 unspecified atom stereocenters. The smallest absolute Gasteiger partial charge is 0.140 e. The van der Waals surface area contributed by atoms with Gasteiger partial charge in [-0.3, -0.25) is 0 Å². The number of aliphatic hydroxyl groups excluding tert-OH is 2.